The van der Waals surface area contributed by atoms with E-state index in [1.54, 1.807) is 35.8 Å². The number of anilines is 1. The third-order valence-corrected chi connectivity index (χ3v) is 13.1. The fourth-order valence-electron chi connectivity index (χ4n) is 7.19. The maximum Gasteiger partial charge on any atom is 0.269 e. The summed E-state index contributed by atoms with van der Waals surface area (Å²) in [7, 11) is 0. The van der Waals surface area contributed by atoms with E-state index in [-0.39, 0.29) is 11.4 Å². The maximum absolute atomic E-state index is 12.1. The number of aromatic hydroxyl groups is 1. The van der Waals surface area contributed by atoms with Gasteiger partial charge in [-0.15, -0.1) is 24.4 Å². The molecule has 3 aromatic carbocycles. The zero-order valence-electron chi connectivity index (χ0n) is 48.1. The first-order valence-electron chi connectivity index (χ1n) is 26.7. The lowest BCUT2D eigenvalue weighted by molar-refractivity contribution is -0.385. The van der Waals surface area contributed by atoms with E-state index in [2.05, 4.69) is 149 Å². The second kappa shape index (κ2) is 36.3. The topological polar surface area (TPSA) is 155 Å². The van der Waals surface area contributed by atoms with Gasteiger partial charge in [0.1, 0.15) is 17.4 Å². The van der Waals surface area contributed by atoms with Crippen molar-refractivity contribution < 1.29 is 23.7 Å². The maximum atomic E-state index is 12.1. The lowest BCUT2D eigenvalue weighted by Crippen LogP contribution is -1.86. The van der Waals surface area contributed by atoms with Crippen molar-refractivity contribution in [3.63, 3.8) is 0 Å². The smallest absolute Gasteiger partial charge is 0.269 e. The Morgan fingerprint density at radius 2 is 0.786 bits per heavy atom. The van der Waals surface area contributed by atoms with Crippen LogP contribution in [0.5, 0.6) is 5.75 Å². The highest BCUT2D eigenvalue weighted by atomic mass is 32.2. The van der Waals surface area contributed by atoms with E-state index >= 15 is 0 Å². The number of nitrogen functional groups attached to an aromatic ring is 1. The van der Waals surface area contributed by atoms with Crippen molar-refractivity contribution >= 4 is 80.8 Å². The van der Waals surface area contributed by atoms with Crippen LogP contribution in [0, 0.1) is 38.8 Å². The molecule has 13 aromatic rings. The molecule has 0 bridgehead atoms. The number of non-ortho nitro benzene ring substituents is 2. The number of hydrogen-bond acceptors (Lipinski definition) is 9. The van der Waals surface area contributed by atoms with Crippen LogP contribution < -0.4 is 5.73 Å². The first-order valence-corrected chi connectivity index (χ1v) is 29.2. The zero-order valence-corrected chi connectivity index (χ0v) is 50.6. The number of rotatable bonds is 5. The summed E-state index contributed by atoms with van der Waals surface area (Å²) < 4.78 is 34.5. The third-order valence-electron chi connectivity index (χ3n) is 11.1. The summed E-state index contributed by atoms with van der Waals surface area (Å²) in [5, 5.41) is 29.0. The van der Waals surface area contributed by atoms with Crippen LogP contribution in [0.4, 0.5) is 25.8 Å². The largest absolute Gasteiger partial charge is 0.506 e. The minimum absolute atomic E-state index is 0.0959. The van der Waals surface area contributed by atoms with Crippen LogP contribution in [-0.4, -0.2) is 43.2 Å². The average Bonchev–Trinajstić information content (AvgIpc) is 4.44. The predicted octanol–water partition coefficient (Wildman–Crippen LogP) is 19.0. The molecule has 10 aromatic heterocycles. The Balaban J connectivity index is 0.000000209. The summed E-state index contributed by atoms with van der Waals surface area (Å²) in [5.41, 5.74) is 13.6. The number of pyridine rings is 5. The molecule has 436 valence electrons. The molecule has 84 heavy (non-hydrogen) atoms. The molecule has 0 saturated heterocycles. The average molecular weight is 1190 g/mol. The van der Waals surface area contributed by atoms with Crippen molar-refractivity contribution in [2.24, 2.45) is 0 Å². The van der Waals surface area contributed by atoms with Crippen molar-refractivity contribution in [2.75, 3.05) is 12.0 Å². The SMILES string of the molecule is CC.CC.CC.CSc1ccc2cccn2c1.Cc1ccc2cccn2c1.Nc1ccc(Sc2ccc3cccn3c2)cc1.O=[N+]([O-])c1ccc(F)cc1.O=[N+]([O-])c1ccc(F)cc1.Oc1ccc2cccn2c1.Sc1ccc2cccn2c1. The number of hydrogen-bond donors (Lipinski definition) is 3. The van der Waals surface area contributed by atoms with Gasteiger partial charge in [0.05, 0.1) is 16.0 Å². The monoisotopic (exact) mass is 1190 g/mol. The van der Waals surface area contributed by atoms with Crippen LogP contribution in [0.2, 0.25) is 0 Å². The molecule has 13 nitrogen and oxygen atoms in total. The van der Waals surface area contributed by atoms with Gasteiger partial charge in [0.25, 0.3) is 11.4 Å². The summed E-state index contributed by atoms with van der Waals surface area (Å²) in [6.45, 7) is 14.1. The number of nitro benzene ring substituents is 2. The van der Waals surface area contributed by atoms with Gasteiger partial charge in [-0.1, -0.05) is 59.4 Å². The highest BCUT2D eigenvalue weighted by Gasteiger charge is 2.04. The molecule has 0 atom stereocenters. The number of halogens is 2. The highest BCUT2D eigenvalue weighted by molar-refractivity contribution is 7.99. The summed E-state index contributed by atoms with van der Waals surface area (Å²) in [4.78, 5) is 23.6. The first-order chi connectivity index (χ1) is 40.7. The van der Waals surface area contributed by atoms with Gasteiger partial charge in [-0.25, -0.2) is 8.78 Å². The van der Waals surface area contributed by atoms with E-state index in [1.807, 2.05) is 136 Å². The lowest BCUT2D eigenvalue weighted by Gasteiger charge is -2.03. The van der Waals surface area contributed by atoms with Crippen LogP contribution >= 0.6 is 36.2 Å². The van der Waals surface area contributed by atoms with Crippen molar-refractivity contribution in [3.05, 3.63) is 294 Å². The number of nitrogens with two attached hydrogens (primary N) is 1. The molecule has 3 N–H and O–H groups in total. The Morgan fingerprint density at radius 1 is 0.440 bits per heavy atom. The molecule has 18 heteroatoms. The second-order valence-electron chi connectivity index (χ2n) is 16.8. The normalized spacial score (nSPS) is 9.75. The number of fused-ring (bicyclic) bond motifs is 5. The summed E-state index contributed by atoms with van der Waals surface area (Å²) in [6, 6.07) is 57.4. The number of benzene rings is 3. The molecule has 0 aliphatic carbocycles. The number of aromatic nitrogens is 5. The quantitative estimate of drug-likeness (QED) is 0.0506. The van der Waals surface area contributed by atoms with Crippen LogP contribution in [0.15, 0.2) is 276 Å². The number of aryl methyl sites for hydroxylation is 1. The van der Waals surface area contributed by atoms with Gasteiger partial charge in [0.15, 0.2) is 0 Å². The van der Waals surface area contributed by atoms with E-state index in [0.717, 1.165) is 64.6 Å². The van der Waals surface area contributed by atoms with Crippen LogP contribution in [-0.2, 0) is 0 Å². The molecule has 0 spiro atoms. The van der Waals surface area contributed by atoms with Gasteiger partial charge in [0, 0.05) is 133 Å². The van der Waals surface area contributed by atoms with E-state index < -0.39 is 21.5 Å². The summed E-state index contributed by atoms with van der Waals surface area (Å²) >= 11 is 7.72. The van der Waals surface area contributed by atoms with Gasteiger partial charge in [-0.2, -0.15) is 0 Å². The minimum atomic E-state index is -0.570. The van der Waals surface area contributed by atoms with E-state index in [0.29, 0.717) is 5.75 Å². The fourth-order valence-corrected chi connectivity index (χ4v) is 8.66. The zero-order chi connectivity index (χ0) is 61.4. The van der Waals surface area contributed by atoms with Crippen molar-refractivity contribution in [1.82, 2.24) is 22.0 Å². The van der Waals surface area contributed by atoms with Gasteiger partial charge < -0.3 is 32.8 Å². The summed E-state index contributed by atoms with van der Waals surface area (Å²) in [5.74, 6) is -0.639. The van der Waals surface area contributed by atoms with Crippen LogP contribution in [0.3, 0.4) is 0 Å². The van der Waals surface area contributed by atoms with Crippen LogP contribution in [0.25, 0.3) is 27.6 Å². The van der Waals surface area contributed by atoms with Crippen molar-refractivity contribution in [2.45, 2.75) is 68.0 Å². The molecule has 0 unspecified atom stereocenters. The van der Waals surface area contributed by atoms with Gasteiger partial charge in [-0.05, 0) is 183 Å². The van der Waals surface area contributed by atoms with Crippen LogP contribution in [0.1, 0.15) is 47.1 Å². The summed E-state index contributed by atoms with van der Waals surface area (Å²) in [6.07, 6.45) is 22.2. The number of nitrogens with zero attached hydrogens (tertiary/aromatic N) is 7. The van der Waals surface area contributed by atoms with Gasteiger partial charge >= 0.3 is 0 Å². The number of nitro groups is 2. The molecule has 0 amide bonds. The molecule has 10 heterocycles. The fraction of sp³-hybridized carbons (Fsp3) is 0.121. The van der Waals surface area contributed by atoms with E-state index in [1.165, 1.54) is 42.3 Å². The molecule has 0 fully saturated rings. The van der Waals surface area contributed by atoms with Gasteiger partial charge in [0.2, 0.25) is 0 Å². The number of thioether (sulfide) groups is 1. The predicted molar refractivity (Wildman–Crippen MR) is 348 cm³/mol. The molecular weight excluding hydrogens is 1120 g/mol. The minimum Gasteiger partial charge on any atom is -0.506 e. The first kappa shape index (κ1) is 67.3. The Morgan fingerprint density at radius 3 is 1.21 bits per heavy atom. The van der Waals surface area contributed by atoms with Crippen molar-refractivity contribution in [1.29, 1.82) is 0 Å². The Labute approximate surface area is 503 Å². The van der Waals surface area contributed by atoms with E-state index in [9.17, 15) is 29.0 Å². The standard InChI is InChI=1S/C14H12N2S.C9H9NS.C9H9N.C8H7NO.C8H7NS.2C6H4FNO2.3C2H6/c15-11-3-6-13(7-4-11)17-14-8-5-12-2-1-9-16(12)10-14;1-11-9-5-4-8-3-2-6-10(8)7-9;1-8-4-5-9-3-2-6-10(9)7-8;2*10-8-4-3-7-2-1-5-9(7)6-8;2*7-5-1-3-6(4-2-5)8(9)10;3*1-2/h1-10H,15H2;2-7H,1H3;2-7H,1H3;2*1-6,10H;2*1-4H;3*1-2H3. The Bertz CT molecular complexity index is 3760. The number of thiol groups is 1. The Hall–Kier alpha value is -9.23. The lowest BCUT2D eigenvalue weighted by atomic mass is 10.3. The molecule has 13 rings (SSSR count). The third kappa shape index (κ3) is 22.3. The molecular formula is C66H70F2N8O5S3. The molecule has 0 radical (unpaired) electrons. The van der Waals surface area contributed by atoms with Gasteiger partial charge in [-0.3, -0.25) is 20.2 Å². The van der Waals surface area contributed by atoms with E-state index in [4.69, 9.17) is 10.8 Å². The molecule has 0 aliphatic rings. The second-order valence-corrected chi connectivity index (χ2v) is 19.3. The van der Waals surface area contributed by atoms with Crippen molar-refractivity contribution in [3.8, 4) is 5.75 Å². The molecule has 0 aliphatic heterocycles. The molecule has 0 saturated carbocycles. The Kier molecular flexibility index (Phi) is 29.1. The highest BCUT2D eigenvalue weighted by Crippen LogP contribution is 2.28.